The van der Waals surface area contributed by atoms with Gasteiger partial charge in [-0.05, 0) is 40.5 Å². The normalized spacial score (nSPS) is 24.2. The maximum atomic E-state index is 12.2. The van der Waals surface area contributed by atoms with Crippen LogP contribution >= 0.6 is 24.0 Å². The summed E-state index contributed by atoms with van der Waals surface area (Å²) in [6.45, 7) is 12.8. The first-order chi connectivity index (χ1) is 12.0. The lowest BCUT2D eigenvalue weighted by Crippen LogP contribution is -2.53. The van der Waals surface area contributed by atoms with Gasteiger partial charge in [0.25, 0.3) is 0 Å². The highest BCUT2D eigenvalue weighted by molar-refractivity contribution is 14.0. The largest absolute Gasteiger partial charge is 0.375 e. The molecule has 2 heterocycles. The summed E-state index contributed by atoms with van der Waals surface area (Å²) in [6.07, 6.45) is 2.46. The van der Waals surface area contributed by atoms with Crippen molar-refractivity contribution >= 4 is 35.8 Å². The molecule has 2 aliphatic heterocycles. The number of nitrogens with zero attached hydrogens (tertiary/aromatic N) is 2. The van der Waals surface area contributed by atoms with E-state index in [0.717, 1.165) is 45.0 Å². The maximum Gasteiger partial charge on any atom is 0.227 e. The van der Waals surface area contributed by atoms with Gasteiger partial charge >= 0.3 is 0 Å². The molecule has 2 saturated heterocycles. The van der Waals surface area contributed by atoms with Crippen molar-refractivity contribution in [2.45, 2.75) is 52.7 Å². The van der Waals surface area contributed by atoms with Crippen molar-refractivity contribution in [1.29, 1.82) is 0 Å². The fourth-order valence-corrected chi connectivity index (χ4v) is 3.16. The summed E-state index contributed by atoms with van der Waals surface area (Å²) in [5.74, 6) is 0.889. The Labute approximate surface area is 174 Å². The Morgan fingerprint density at radius 2 is 1.85 bits per heavy atom. The van der Waals surface area contributed by atoms with Crippen LogP contribution in [-0.4, -0.2) is 74.9 Å². The summed E-state index contributed by atoms with van der Waals surface area (Å²) in [4.78, 5) is 19.2. The van der Waals surface area contributed by atoms with Crippen molar-refractivity contribution < 1.29 is 14.3 Å². The van der Waals surface area contributed by atoms with Crippen LogP contribution in [0.1, 0.15) is 40.5 Å². The summed E-state index contributed by atoms with van der Waals surface area (Å²) < 4.78 is 11.7. The van der Waals surface area contributed by atoms with Crippen molar-refractivity contribution in [2.75, 3.05) is 45.9 Å². The van der Waals surface area contributed by atoms with Crippen LogP contribution < -0.4 is 10.6 Å². The number of carbonyl (C=O) groups excluding carboxylic acids is 1. The molecular formula is C18H35IN4O3. The number of morpholine rings is 1. The quantitative estimate of drug-likeness (QED) is 0.342. The van der Waals surface area contributed by atoms with E-state index in [-0.39, 0.29) is 42.1 Å². The number of amides is 1. The van der Waals surface area contributed by atoms with Crippen molar-refractivity contribution in [2.24, 2.45) is 10.4 Å². The number of rotatable bonds is 6. The van der Waals surface area contributed by atoms with Gasteiger partial charge in [0.2, 0.25) is 5.91 Å². The molecule has 152 valence electrons. The van der Waals surface area contributed by atoms with Gasteiger partial charge in [0.15, 0.2) is 5.96 Å². The Kier molecular flexibility index (Phi) is 10.2. The minimum atomic E-state index is -0.531. The van der Waals surface area contributed by atoms with E-state index in [1.165, 1.54) is 0 Å². The van der Waals surface area contributed by atoms with Crippen LogP contribution in [-0.2, 0) is 14.3 Å². The van der Waals surface area contributed by atoms with Crippen LogP contribution in [0.5, 0.6) is 0 Å². The summed E-state index contributed by atoms with van der Waals surface area (Å²) in [5.41, 5.74) is -0.531. The SMILES string of the molecule is CCNC(=O)C(C)(C)CN=C(NCC)N1CCOC(C2CCCO2)C1.I. The number of guanidine groups is 1. The van der Waals surface area contributed by atoms with Gasteiger partial charge in [0, 0.05) is 32.8 Å². The fourth-order valence-electron chi connectivity index (χ4n) is 3.16. The number of ether oxygens (including phenoxy) is 2. The van der Waals surface area contributed by atoms with Gasteiger partial charge in [0.1, 0.15) is 6.10 Å². The van der Waals surface area contributed by atoms with E-state index in [1.54, 1.807) is 0 Å². The van der Waals surface area contributed by atoms with Gasteiger partial charge in [0.05, 0.1) is 24.7 Å². The second kappa shape index (κ2) is 11.3. The molecular weight excluding hydrogens is 447 g/mol. The zero-order chi connectivity index (χ0) is 18.3. The van der Waals surface area contributed by atoms with E-state index in [0.29, 0.717) is 19.7 Å². The molecule has 2 fully saturated rings. The standard InChI is InChI=1S/C18H34N4O3.HI/c1-5-19-16(23)18(3,4)13-21-17(20-6-2)22-9-11-25-15(12-22)14-8-7-10-24-14;/h14-15H,5-13H2,1-4H3,(H,19,23)(H,20,21);1H. The fraction of sp³-hybridized carbons (Fsp3) is 0.889. The van der Waals surface area contributed by atoms with Gasteiger partial charge in [-0.2, -0.15) is 0 Å². The third-order valence-corrected chi connectivity index (χ3v) is 4.68. The van der Waals surface area contributed by atoms with Crippen LogP contribution in [0, 0.1) is 5.41 Å². The minimum Gasteiger partial charge on any atom is -0.375 e. The highest BCUT2D eigenvalue weighted by Gasteiger charge is 2.33. The third kappa shape index (κ3) is 6.53. The number of carbonyl (C=O) groups is 1. The summed E-state index contributed by atoms with van der Waals surface area (Å²) in [7, 11) is 0. The van der Waals surface area contributed by atoms with E-state index in [9.17, 15) is 4.79 Å². The molecule has 0 spiro atoms. The molecule has 7 nitrogen and oxygen atoms in total. The predicted octanol–water partition coefficient (Wildman–Crippen LogP) is 1.61. The van der Waals surface area contributed by atoms with Crippen LogP contribution in [0.25, 0.3) is 0 Å². The molecule has 0 radical (unpaired) electrons. The highest BCUT2D eigenvalue weighted by Crippen LogP contribution is 2.21. The molecule has 0 aromatic heterocycles. The smallest absolute Gasteiger partial charge is 0.227 e. The number of nitrogens with one attached hydrogen (secondary N) is 2. The second-order valence-electron chi connectivity index (χ2n) is 7.32. The van der Waals surface area contributed by atoms with Gasteiger partial charge < -0.3 is 25.0 Å². The minimum absolute atomic E-state index is 0. The Morgan fingerprint density at radius 1 is 1.15 bits per heavy atom. The lowest BCUT2D eigenvalue weighted by molar-refractivity contribution is -0.128. The zero-order valence-corrected chi connectivity index (χ0v) is 18.9. The highest BCUT2D eigenvalue weighted by atomic mass is 127. The first-order valence-electron chi connectivity index (χ1n) is 9.52. The van der Waals surface area contributed by atoms with Crippen LogP contribution in [0.3, 0.4) is 0 Å². The monoisotopic (exact) mass is 482 g/mol. The lowest BCUT2D eigenvalue weighted by Gasteiger charge is -2.37. The first kappa shape index (κ1) is 23.4. The zero-order valence-electron chi connectivity index (χ0n) is 16.5. The van der Waals surface area contributed by atoms with Crippen LogP contribution in [0.2, 0.25) is 0 Å². The molecule has 0 saturated carbocycles. The average Bonchev–Trinajstić information content (AvgIpc) is 3.13. The first-order valence-corrected chi connectivity index (χ1v) is 9.52. The molecule has 0 aromatic rings. The van der Waals surface area contributed by atoms with Crippen molar-refractivity contribution in [3.05, 3.63) is 0 Å². The lowest BCUT2D eigenvalue weighted by atomic mass is 9.92. The van der Waals surface area contributed by atoms with Crippen molar-refractivity contribution in [3.8, 4) is 0 Å². The number of halogens is 1. The van der Waals surface area contributed by atoms with Crippen LogP contribution in [0.4, 0.5) is 0 Å². The van der Waals surface area contributed by atoms with E-state index in [1.807, 2.05) is 20.8 Å². The topological polar surface area (TPSA) is 75.2 Å². The van der Waals surface area contributed by atoms with Crippen molar-refractivity contribution in [1.82, 2.24) is 15.5 Å². The summed E-state index contributed by atoms with van der Waals surface area (Å²) in [5, 5.41) is 6.24. The summed E-state index contributed by atoms with van der Waals surface area (Å²) in [6, 6.07) is 0. The molecule has 26 heavy (non-hydrogen) atoms. The van der Waals surface area contributed by atoms with Gasteiger partial charge in [-0.3, -0.25) is 9.79 Å². The second-order valence-corrected chi connectivity index (χ2v) is 7.32. The number of hydrogen-bond donors (Lipinski definition) is 2. The van der Waals surface area contributed by atoms with Gasteiger partial charge in [-0.1, -0.05) is 0 Å². The number of aliphatic imine (C=N–C) groups is 1. The van der Waals surface area contributed by atoms with Gasteiger partial charge in [-0.25, -0.2) is 0 Å². The van der Waals surface area contributed by atoms with E-state index in [2.05, 4.69) is 22.5 Å². The Bertz CT molecular complexity index is 467. The van der Waals surface area contributed by atoms with Crippen LogP contribution in [0.15, 0.2) is 4.99 Å². The number of hydrogen-bond acceptors (Lipinski definition) is 4. The molecule has 0 bridgehead atoms. The van der Waals surface area contributed by atoms with E-state index < -0.39 is 5.41 Å². The molecule has 8 heteroatoms. The molecule has 0 aliphatic carbocycles. The Hall–Kier alpha value is -0.610. The Morgan fingerprint density at radius 3 is 2.46 bits per heavy atom. The predicted molar refractivity (Wildman–Crippen MR) is 114 cm³/mol. The summed E-state index contributed by atoms with van der Waals surface area (Å²) >= 11 is 0. The molecule has 2 rings (SSSR count). The molecule has 2 atom stereocenters. The molecule has 1 amide bonds. The molecule has 2 N–H and O–H groups in total. The molecule has 0 aromatic carbocycles. The third-order valence-electron chi connectivity index (χ3n) is 4.68. The maximum absolute atomic E-state index is 12.2. The average molecular weight is 482 g/mol. The Balaban J connectivity index is 0.00000338. The van der Waals surface area contributed by atoms with Gasteiger partial charge in [-0.15, -0.1) is 24.0 Å². The van der Waals surface area contributed by atoms with E-state index in [4.69, 9.17) is 14.5 Å². The van der Waals surface area contributed by atoms with Crippen molar-refractivity contribution in [3.63, 3.8) is 0 Å². The molecule has 2 aliphatic rings. The molecule has 2 unspecified atom stereocenters. The van der Waals surface area contributed by atoms with E-state index >= 15 is 0 Å².